The van der Waals surface area contributed by atoms with Crippen molar-refractivity contribution in [2.75, 3.05) is 69.9 Å². The van der Waals surface area contributed by atoms with Gasteiger partial charge in [0.2, 0.25) is 0 Å². The number of nitrogens with one attached hydrogen (secondary N) is 1. The molecule has 272 valence electrons. The third-order valence-electron chi connectivity index (χ3n) is 10.7. The Morgan fingerprint density at radius 3 is 2.37 bits per heavy atom. The highest BCUT2D eigenvalue weighted by molar-refractivity contribution is 6.17. The van der Waals surface area contributed by atoms with Crippen LogP contribution in [-0.2, 0) is 14.9 Å². The van der Waals surface area contributed by atoms with Crippen LogP contribution < -0.4 is 15.3 Å². The van der Waals surface area contributed by atoms with Crippen LogP contribution in [0.3, 0.4) is 0 Å². The van der Waals surface area contributed by atoms with Crippen LogP contribution in [-0.4, -0.2) is 87.2 Å². The molecule has 0 saturated carbocycles. The lowest BCUT2D eigenvalue weighted by molar-refractivity contribution is -0.504. The quantitative estimate of drug-likeness (QED) is 0.129. The maximum Gasteiger partial charge on any atom is 0.251 e. The zero-order chi connectivity index (χ0) is 35.8. The molecule has 2 fully saturated rings. The number of fused-ring (bicyclic) bond motifs is 2. The van der Waals surface area contributed by atoms with Gasteiger partial charge in [0.25, 0.3) is 5.91 Å². The number of anilines is 1. The number of halogens is 1. The van der Waals surface area contributed by atoms with Crippen molar-refractivity contribution in [3.05, 3.63) is 93.6 Å². The van der Waals surface area contributed by atoms with Crippen molar-refractivity contribution in [2.24, 2.45) is 0 Å². The van der Waals surface area contributed by atoms with E-state index in [1.54, 1.807) is 12.1 Å². The molecule has 2 heterocycles. The molecule has 0 spiro atoms. The summed E-state index contributed by atoms with van der Waals surface area (Å²) >= 11 is 5.72. The lowest BCUT2D eigenvalue weighted by Gasteiger charge is -2.40. The Balaban J connectivity index is 1.26. The minimum atomic E-state index is -1.27. The Morgan fingerprint density at radius 2 is 1.63 bits per heavy atom. The van der Waals surface area contributed by atoms with Gasteiger partial charge in [0.15, 0.2) is 5.71 Å². The van der Waals surface area contributed by atoms with Crippen LogP contribution >= 0.6 is 11.6 Å². The Bertz CT molecular complexity index is 1730. The lowest BCUT2D eigenvalue weighted by Crippen LogP contribution is -2.32. The van der Waals surface area contributed by atoms with Gasteiger partial charge in [-0.3, -0.25) is 4.79 Å². The van der Waals surface area contributed by atoms with Gasteiger partial charge in [-0.1, -0.05) is 38.8 Å². The molecule has 2 saturated heterocycles. The summed E-state index contributed by atoms with van der Waals surface area (Å²) in [6.07, 6.45) is 15.6. The second-order valence-electron chi connectivity index (χ2n) is 14.5. The molecule has 0 radical (unpaired) electrons. The van der Waals surface area contributed by atoms with Gasteiger partial charge in [-0.25, -0.2) is 4.58 Å². The summed E-state index contributed by atoms with van der Waals surface area (Å²) in [4.78, 5) is 28.6. The van der Waals surface area contributed by atoms with Crippen LogP contribution in [0, 0.1) is 0 Å². The summed E-state index contributed by atoms with van der Waals surface area (Å²) < 4.78 is 13.7. The predicted molar refractivity (Wildman–Crippen MR) is 202 cm³/mol. The standard InChI is InChI=1S/C42H52ClN3O5/c1-42(2)37-28-31(45-19-6-7-20-45)12-15-34(37)39(35-16-13-32(29-38(35)42)46-21-8-9-22-46)36-27-30(11-14-33(36)41(48)49)40(47)44-18-24-51-26-25-50-23-10-4-3-5-17-43/h11-16,27-29H,3-10,17-26H2,1-2H3,(H-,44,47,48,49). The Morgan fingerprint density at radius 1 is 0.882 bits per heavy atom. The third kappa shape index (κ3) is 8.51. The number of allylic oxidation sites excluding steroid dienone is 5. The SMILES string of the molecule is CC1(C)C2=CC(=[N+]3CCCC3)C=CC2=C(c2cc(C(=O)NCCOCCOCCCCCCCl)ccc2C(=O)[O-])c2ccc(N3CCCC3)cc21. The smallest absolute Gasteiger partial charge is 0.251 e. The van der Waals surface area contributed by atoms with Gasteiger partial charge in [-0.05, 0) is 89.4 Å². The lowest BCUT2D eigenvalue weighted by atomic mass is 9.64. The highest BCUT2D eigenvalue weighted by atomic mass is 35.5. The van der Waals surface area contributed by atoms with Gasteiger partial charge in [0, 0.05) is 79.3 Å². The van der Waals surface area contributed by atoms with Gasteiger partial charge in [0.1, 0.15) is 13.1 Å². The first-order valence-electron chi connectivity index (χ1n) is 18.8. The Hall–Kier alpha value is -3.72. The number of hydrogen-bond acceptors (Lipinski definition) is 6. The molecule has 2 aromatic rings. The normalized spacial score (nSPS) is 17.9. The van der Waals surface area contributed by atoms with E-state index >= 15 is 0 Å². The predicted octanol–water partition coefficient (Wildman–Crippen LogP) is 6.05. The minimum absolute atomic E-state index is 0.0628. The average molecular weight is 714 g/mol. The monoisotopic (exact) mass is 713 g/mol. The zero-order valence-corrected chi connectivity index (χ0v) is 31.0. The molecule has 0 aromatic heterocycles. The summed E-state index contributed by atoms with van der Waals surface area (Å²) in [7, 11) is 0. The van der Waals surface area contributed by atoms with Crippen molar-refractivity contribution in [1.82, 2.24) is 5.32 Å². The van der Waals surface area contributed by atoms with Gasteiger partial charge in [0.05, 0.1) is 25.8 Å². The van der Waals surface area contributed by atoms with E-state index < -0.39 is 5.97 Å². The number of ether oxygens (including phenoxy) is 2. The third-order valence-corrected chi connectivity index (χ3v) is 10.9. The molecule has 9 heteroatoms. The number of carbonyl (C=O) groups is 2. The van der Waals surface area contributed by atoms with E-state index in [0.717, 1.165) is 79.7 Å². The molecule has 0 bridgehead atoms. The number of carboxylic acid groups (broad SMARTS) is 1. The fourth-order valence-corrected chi connectivity index (χ4v) is 8.03. The van der Waals surface area contributed by atoms with E-state index in [9.17, 15) is 14.7 Å². The van der Waals surface area contributed by atoms with E-state index in [2.05, 4.69) is 65.1 Å². The minimum Gasteiger partial charge on any atom is -0.545 e. The summed E-state index contributed by atoms with van der Waals surface area (Å²) in [6.45, 7) is 11.0. The molecule has 2 aliphatic carbocycles. The van der Waals surface area contributed by atoms with Crippen molar-refractivity contribution in [3.8, 4) is 0 Å². The largest absolute Gasteiger partial charge is 0.545 e. The molecule has 1 N–H and O–H groups in total. The van der Waals surface area contributed by atoms with Crippen LogP contribution in [0.25, 0.3) is 5.57 Å². The summed E-state index contributed by atoms with van der Waals surface area (Å²) in [5, 5.41) is 15.6. The molecule has 51 heavy (non-hydrogen) atoms. The number of carbonyl (C=O) groups excluding carboxylic acids is 2. The molecule has 8 nitrogen and oxygen atoms in total. The highest BCUT2D eigenvalue weighted by Gasteiger charge is 2.40. The van der Waals surface area contributed by atoms with Gasteiger partial charge in [-0.2, -0.15) is 0 Å². The molecule has 1 amide bonds. The van der Waals surface area contributed by atoms with E-state index in [4.69, 9.17) is 21.1 Å². The number of alkyl halides is 1. The number of aromatic carboxylic acids is 1. The average Bonchev–Trinajstić information content (AvgIpc) is 3.88. The highest BCUT2D eigenvalue weighted by Crippen LogP contribution is 2.51. The summed E-state index contributed by atoms with van der Waals surface area (Å²) in [5.41, 5.74) is 8.06. The topological polar surface area (TPSA) is 93.9 Å². The Labute approximate surface area is 307 Å². The first-order valence-corrected chi connectivity index (χ1v) is 19.3. The molecular weight excluding hydrogens is 662 g/mol. The molecule has 6 rings (SSSR count). The molecule has 0 unspecified atom stereocenters. The summed E-state index contributed by atoms with van der Waals surface area (Å²) in [6, 6.07) is 11.4. The first kappa shape index (κ1) is 37.1. The van der Waals surface area contributed by atoms with Crippen LogP contribution in [0.2, 0.25) is 0 Å². The fraction of sp³-hybridized carbons (Fsp3) is 0.500. The molecular formula is C42H52ClN3O5. The number of hydrogen-bond donors (Lipinski definition) is 1. The van der Waals surface area contributed by atoms with Crippen LogP contribution in [0.1, 0.15) is 103 Å². The van der Waals surface area contributed by atoms with E-state index in [-0.39, 0.29) is 16.9 Å². The number of nitrogens with zero attached hydrogens (tertiary/aromatic N) is 2. The van der Waals surface area contributed by atoms with Crippen molar-refractivity contribution >= 4 is 40.4 Å². The summed E-state index contributed by atoms with van der Waals surface area (Å²) in [5.74, 6) is -0.854. The van der Waals surface area contributed by atoms with E-state index in [0.29, 0.717) is 50.0 Å². The number of amides is 1. The van der Waals surface area contributed by atoms with Crippen molar-refractivity contribution in [1.29, 1.82) is 0 Å². The molecule has 2 aliphatic heterocycles. The number of rotatable bonds is 16. The van der Waals surface area contributed by atoms with Gasteiger partial charge >= 0.3 is 0 Å². The maximum atomic E-state index is 13.4. The Kier molecular flexibility index (Phi) is 12.5. The van der Waals surface area contributed by atoms with Crippen molar-refractivity contribution < 1.29 is 28.7 Å². The van der Waals surface area contributed by atoms with Crippen LogP contribution in [0.15, 0.2) is 65.8 Å². The van der Waals surface area contributed by atoms with E-state index in [1.165, 1.54) is 43.1 Å². The van der Waals surface area contributed by atoms with E-state index in [1.807, 2.05) is 0 Å². The van der Waals surface area contributed by atoms with Crippen LogP contribution in [0.5, 0.6) is 0 Å². The van der Waals surface area contributed by atoms with Crippen LogP contribution in [0.4, 0.5) is 5.69 Å². The molecule has 4 aliphatic rings. The fourth-order valence-electron chi connectivity index (χ4n) is 7.84. The second kappa shape index (κ2) is 17.2. The number of benzene rings is 2. The van der Waals surface area contributed by atoms with Gasteiger partial charge < -0.3 is 29.6 Å². The second-order valence-corrected chi connectivity index (χ2v) is 14.9. The first-order chi connectivity index (χ1) is 24.8. The van der Waals surface area contributed by atoms with Gasteiger partial charge in [-0.15, -0.1) is 11.6 Å². The maximum absolute atomic E-state index is 13.4. The number of unbranched alkanes of at least 4 members (excludes halogenated alkanes) is 3. The zero-order valence-electron chi connectivity index (χ0n) is 30.2. The number of carboxylic acids is 1. The van der Waals surface area contributed by atoms with Crippen molar-refractivity contribution in [2.45, 2.75) is 70.6 Å². The molecule has 0 atom stereocenters. The molecule has 2 aromatic carbocycles. The van der Waals surface area contributed by atoms with Crippen molar-refractivity contribution in [3.63, 3.8) is 0 Å².